The second-order valence-corrected chi connectivity index (χ2v) is 3.08. The Labute approximate surface area is 77.6 Å². The van der Waals surface area contributed by atoms with Crippen molar-refractivity contribution in [1.82, 2.24) is 0 Å². The van der Waals surface area contributed by atoms with Crippen molar-refractivity contribution in [3.8, 4) is 5.75 Å². The van der Waals surface area contributed by atoms with Gasteiger partial charge in [-0.15, -0.1) is 0 Å². The summed E-state index contributed by atoms with van der Waals surface area (Å²) in [7, 11) is 0. The van der Waals surface area contributed by atoms with E-state index in [1.807, 2.05) is 25.1 Å². The van der Waals surface area contributed by atoms with Gasteiger partial charge in [0.05, 0.1) is 0 Å². The lowest BCUT2D eigenvalue weighted by Gasteiger charge is -2.01. The van der Waals surface area contributed by atoms with Gasteiger partial charge in [0.1, 0.15) is 5.75 Å². The molecule has 0 amide bonds. The first-order chi connectivity index (χ1) is 6.29. The van der Waals surface area contributed by atoms with Crippen molar-refractivity contribution in [3.63, 3.8) is 0 Å². The third kappa shape index (κ3) is 1.50. The molecule has 0 aliphatic carbocycles. The van der Waals surface area contributed by atoms with Crippen LogP contribution in [-0.2, 0) is 0 Å². The molecule has 0 saturated heterocycles. The number of rotatable bonds is 1. The largest absolute Gasteiger partial charge is 0.508 e. The van der Waals surface area contributed by atoms with E-state index in [0.717, 1.165) is 10.8 Å². The molecule has 2 aromatic carbocycles. The summed E-state index contributed by atoms with van der Waals surface area (Å²) in [4.78, 5) is 0. The summed E-state index contributed by atoms with van der Waals surface area (Å²) < 4.78 is 0. The molecule has 0 aliphatic rings. The van der Waals surface area contributed by atoms with E-state index in [9.17, 15) is 5.11 Å². The summed E-state index contributed by atoms with van der Waals surface area (Å²) in [6, 6.07) is 11.6. The van der Waals surface area contributed by atoms with Gasteiger partial charge in [0.2, 0.25) is 0 Å². The molecule has 0 unspecified atom stereocenters. The average molecular weight is 171 g/mol. The molecular weight excluding hydrogens is 160 g/mol. The Bertz CT molecular complexity index is 432. The summed E-state index contributed by atoms with van der Waals surface area (Å²) in [5, 5.41) is 11.5. The minimum Gasteiger partial charge on any atom is -0.508 e. The molecule has 0 bridgehead atoms. The fraction of sp³-hybridized carbons (Fsp3) is 0.0833. The van der Waals surface area contributed by atoms with Gasteiger partial charge in [-0.1, -0.05) is 31.2 Å². The highest BCUT2D eigenvalue weighted by Crippen LogP contribution is 2.21. The van der Waals surface area contributed by atoms with Crippen molar-refractivity contribution in [2.45, 2.75) is 6.92 Å². The molecule has 0 heterocycles. The third-order valence-corrected chi connectivity index (χ3v) is 2.18. The van der Waals surface area contributed by atoms with Gasteiger partial charge in [0, 0.05) is 0 Å². The van der Waals surface area contributed by atoms with E-state index in [0.29, 0.717) is 5.75 Å². The van der Waals surface area contributed by atoms with Crippen molar-refractivity contribution in [1.29, 1.82) is 0 Å². The van der Waals surface area contributed by atoms with Crippen molar-refractivity contribution in [3.05, 3.63) is 48.4 Å². The quantitative estimate of drug-likeness (QED) is 0.699. The number of hydrogen-bond acceptors (Lipinski definition) is 1. The fourth-order valence-corrected chi connectivity index (χ4v) is 1.43. The smallest absolute Gasteiger partial charge is 0.116 e. The molecular formula is C12H11O. The maximum absolute atomic E-state index is 9.25. The molecule has 65 valence electrons. The molecule has 1 nitrogen and oxygen atoms in total. The van der Waals surface area contributed by atoms with Crippen molar-refractivity contribution >= 4 is 10.8 Å². The number of benzene rings is 2. The van der Waals surface area contributed by atoms with Gasteiger partial charge in [-0.25, -0.2) is 0 Å². The molecule has 0 atom stereocenters. The second-order valence-electron chi connectivity index (χ2n) is 3.08. The van der Waals surface area contributed by atoms with E-state index in [4.69, 9.17) is 0 Å². The third-order valence-electron chi connectivity index (χ3n) is 2.18. The van der Waals surface area contributed by atoms with Crippen LogP contribution in [0.3, 0.4) is 0 Å². The Morgan fingerprint density at radius 1 is 1.00 bits per heavy atom. The fourth-order valence-electron chi connectivity index (χ4n) is 1.43. The van der Waals surface area contributed by atoms with Gasteiger partial charge in [-0.2, -0.15) is 0 Å². The van der Waals surface area contributed by atoms with Gasteiger partial charge < -0.3 is 5.11 Å². The maximum Gasteiger partial charge on any atom is 0.116 e. The molecule has 2 aromatic rings. The molecule has 0 spiro atoms. The first-order valence-corrected chi connectivity index (χ1v) is 4.32. The Balaban J connectivity index is 2.66. The van der Waals surface area contributed by atoms with Crippen LogP contribution in [0, 0.1) is 6.42 Å². The van der Waals surface area contributed by atoms with Crippen LogP contribution in [0.4, 0.5) is 0 Å². The number of aromatic hydroxyl groups is 1. The number of phenols is 1. The van der Waals surface area contributed by atoms with Crippen molar-refractivity contribution in [2.75, 3.05) is 0 Å². The number of phenolic OH excluding ortho intramolecular Hbond substituents is 1. The van der Waals surface area contributed by atoms with Crippen LogP contribution in [0.2, 0.25) is 0 Å². The van der Waals surface area contributed by atoms with E-state index < -0.39 is 0 Å². The topological polar surface area (TPSA) is 20.2 Å². The lowest BCUT2D eigenvalue weighted by atomic mass is 10.1. The van der Waals surface area contributed by atoms with Crippen LogP contribution in [0.15, 0.2) is 36.4 Å². The van der Waals surface area contributed by atoms with Crippen LogP contribution in [0.5, 0.6) is 5.75 Å². The van der Waals surface area contributed by atoms with Crippen molar-refractivity contribution in [2.24, 2.45) is 0 Å². The molecule has 2 rings (SSSR count). The maximum atomic E-state index is 9.25. The van der Waals surface area contributed by atoms with Crippen LogP contribution in [0.1, 0.15) is 12.5 Å². The lowest BCUT2D eigenvalue weighted by Crippen LogP contribution is -1.78. The van der Waals surface area contributed by atoms with E-state index in [1.54, 1.807) is 12.1 Å². The van der Waals surface area contributed by atoms with Crippen molar-refractivity contribution < 1.29 is 5.11 Å². The second kappa shape index (κ2) is 3.09. The predicted molar refractivity (Wildman–Crippen MR) is 54.7 cm³/mol. The number of hydrogen-bond donors (Lipinski definition) is 1. The SMILES string of the molecule is C[CH]c1ccc2cc(O)ccc2c1. The zero-order chi connectivity index (χ0) is 9.26. The van der Waals surface area contributed by atoms with Gasteiger partial charge in [0.15, 0.2) is 0 Å². The molecule has 0 saturated carbocycles. The number of fused-ring (bicyclic) bond motifs is 1. The monoisotopic (exact) mass is 171 g/mol. The molecule has 1 heteroatoms. The zero-order valence-electron chi connectivity index (χ0n) is 7.49. The molecule has 0 aliphatic heterocycles. The Kier molecular flexibility index (Phi) is 1.93. The molecule has 13 heavy (non-hydrogen) atoms. The van der Waals surface area contributed by atoms with Gasteiger partial charge in [-0.05, 0) is 34.9 Å². The zero-order valence-corrected chi connectivity index (χ0v) is 7.49. The first kappa shape index (κ1) is 8.11. The Hall–Kier alpha value is -1.50. The van der Waals surface area contributed by atoms with E-state index in [-0.39, 0.29) is 0 Å². The summed E-state index contributed by atoms with van der Waals surface area (Å²) in [6.45, 7) is 2.02. The molecule has 0 fully saturated rings. The van der Waals surface area contributed by atoms with E-state index in [1.165, 1.54) is 5.56 Å². The molecule has 0 aromatic heterocycles. The summed E-state index contributed by atoms with van der Waals surface area (Å²) >= 11 is 0. The lowest BCUT2D eigenvalue weighted by molar-refractivity contribution is 0.476. The van der Waals surface area contributed by atoms with Crippen LogP contribution in [0.25, 0.3) is 10.8 Å². The molecule has 1 radical (unpaired) electrons. The molecule has 1 N–H and O–H groups in total. The normalized spacial score (nSPS) is 10.5. The van der Waals surface area contributed by atoms with Gasteiger partial charge >= 0.3 is 0 Å². The van der Waals surface area contributed by atoms with Crippen LogP contribution < -0.4 is 0 Å². The Morgan fingerprint density at radius 2 is 1.69 bits per heavy atom. The highest BCUT2D eigenvalue weighted by atomic mass is 16.3. The van der Waals surface area contributed by atoms with Crippen LogP contribution in [-0.4, -0.2) is 5.11 Å². The van der Waals surface area contributed by atoms with E-state index >= 15 is 0 Å². The van der Waals surface area contributed by atoms with Gasteiger partial charge in [-0.3, -0.25) is 0 Å². The van der Waals surface area contributed by atoms with Gasteiger partial charge in [0.25, 0.3) is 0 Å². The first-order valence-electron chi connectivity index (χ1n) is 4.32. The standard InChI is InChI=1S/C12H11O/c1-2-9-3-4-11-8-12(13)6-5-10(11)7-9/h2-8,13H,1H3. The summed E-state index contributed by atoms with van der Waals surface area (Å²) in [5.74, 6) is 0.320. The minimum atomic E-state index is 0.320. The summed E-state index contributed by atoms with van der Waals surface area (Å²) in [5.41, 5.74) is 1.21. The Morgan fingerprint density at radius 3 is 2.46 bits per heavy atom. The van der Waals surface area contributed by atoms with Crippen LogP contribution >= 0.6 is 0 Å². The predicted octanol–water partition coefficient (Wildman–Crippen LogP) is 3.12. The summed E-state index contributed by atoms with van der Waals surface area (Å²) in [6.07, 6.45) is 2.06. The highest BCUT2D eigenvalue weighted by molar-refractivity contribution is 5.84. The van der Waals surface area contributed by atoms with E-state index in [2.05, 4.69) is 12.5 Å². The highest BCUT2D eigenvalue weighted by Gasteiger charge is 1.95. The average Bonchev–Trinajstić information content (AvgIpc) is 2.17. The minimum absolute atomic E-state index is 0.320.